The molecule has 0 heterocycles. The molecule has 2 atom stereocenters. The maximum Gasteiger partial charge on any atom is 0.262 e. The maximum absolute atomic E-state index is 12.1. The van der Waals surface area contributed by atoms with Crippen molar-refractivity contribution >= 4 is 29.1 Å². The first kappa shape index (κ1) is 17.6. The van der Waals surface area contributed by atoms with Crippen LogP contribution in [0.5, 0.6) is 5.75 Å². The fourth-order valence-corrected chi connectivity index (χ4v) is 1.93. The molecule has 0 saturated heterocycles. The predicted octanol–water partition coefficient (Wildman–Crippen LogP) is 3.82. The van der Waals surface area contributed by atoms with Crippen LogP contribution in [0.1, 0.15) is 27.7 Å². The lowest BCUT2D eigenvalue weighted by Crippen LogP contribution is -2.52. The number of ether oxygens (including phenoxy) is 1. The Morgan fingerprint density at radius 3 is 2.48 bits per heavy atom. The number of carbonyl (C=O) groups excluding carboxylic acids is 1. The summed E-state index contributed by atoms with van der Waals surface area (Å²) in [4.78, 5) is 12.1. The molecule has 0 spiro atoms. The van der Waals surface area contributed by atoms with Crippen molar-refractivity contribution in [1.82, 2.24) is 5.32 Å². The predicted molar refractivity (Wildman–Crippen MR) is 83.6 cm³/mol. The van der Waals surface area contributed by atoms with Gasteiger partial charge in [0.05, 0.1) is 11.1 Å². The van der Waals surface area contributed by atoms with Crippen molar-refractivity contribution in [3.63, 3.8) is 0 Å². The number of amides is 1. The standard InChI is InChI=1S/C15H18Cl2N2O2/c1-9(2)15(4,8-18)19-14(20)10(3)21-13-6-5-11(16)7-12(13)17/h5-7,9-10H,1-4H3,(H,19,20)/t10-,15?/m0/s1. The molecule has 0 aliphatic carbocycles. The molecule has 114 valence electrons. The molecule has 0 aliphatic rings. The number of nitrogens with zero attached hydrogens (tertiary/aromatic N) is 1. The molecule has 1 amide bonds. The summed E-state index contributed by atoms with van der Waals surface area (Å²) in [6.07, 6.45) is -0.782. The maximum atomic E-state index is 12.1. The van der Waals surface area contributed by atoms with Gasteiger partial charge in [0.1, 0.15) is 11.3 Å². The molecule has 1 rings (SSSR count). The lowest BCUT2D eigenvalue weighted by atomic mass is 9.90. The van der Waals surface area contributed by atoms with Gasteiger partial charge in [0.2, 0.25) is 0 Å². The van der Waals surface area contributed by atoms with E-state index < -0.39 is 11.6 Å². The molecule has 1 aromatic carbocycles. The highest BCUT2D eigenvalue weighted by atomic mass is 35.5. The molecule has 6 heteroatoms. The molecular formula is C15H18Cl2N2O2. The van der Waals surface area contributed by atoms with Gasteiger partial charge in [-0.2, -0.15) is 5.26 Å². The van der Waals surface area contributed by atoms with Crippen LogP contribution < -0.4 is 10.1 Å². The Morgan fingerprint density at radius 1 is 1.38 bits per heavy atom. The molecular weight excluding hydrogens is 311 g/mol. The summed E-state index contributed by atoms with van der Waals surface area (Å²) in [7, 11) is 0. The Labute approximate surface area is 135 Å². The highest BCUT2D eigenvalue weighted by molar-refractivity contribution is 6.35. The first-order valence-electron chi connectivity index (χ1n) is 6.54. The third kappa shape index (κ3) is 4.52. The number of rotatable bonds is 5. The smallest absolute Gasteiger partial charge is 0.262 e. The van der Waals surface area contributed by atoms with E-state index in [1.807, 2.05) is 13.8 Å². The van der Waals surface area contributed by atoms with E-state index in [2.05, 4.69) is 11.4 Å². The van der Waals surface area contributed by atoms with E-state index in [1.165, 1.54) is 6.07 Å². The van der Waals surface area contributed by atoms with Crippen molar-refractivity contribution in [3.05, 3.63) is 28.2 Å². The Hall–Kier alpha value is -1.44. The van der Waals surface area contributed by atoms with Crippen molar-refractivity contribution in [2.75, 3.05) is 0 Å². The number of carbonyl (C=O) groups is 1. The van der Waals surface area contributed by atoms with E-state index in [1.54, 1.807) is 26.0 Å². The first-order valence-corrected chi connectivity index (χ1v) is 7.30. The van der Waals surface area contributed by atoms with E-state index in [0.29, 0.717) is 15.8 Å². The summed E-state index contributed by atoms with van der Waals surface area (Å²) in [6, 6.07) is 6.88. The highest BCUT2D eigenvalue weighted by Crippen LogP contribution is 2.28. The van der Waals surface area contributed by atoms with Gasteiger partial charge in [0, 0.05) is 5.02 Å². The van der Waals surface area contributed by atoms with E-state index in [9.17, 15) is 10.1 Å². The van der Waals surface area contributed by atoms with Gasteiger partial charge in [-0.05, 0) is 38.0 Å². The fraction of sp³-hybridized carbons (Fsp3) is 0.467. The van der Waals surface area contributed by atoms with E-state index in [4.69, 9.17) is 27.9 Å². The highest BCUT2D eigenvalue weighted by Gasteiger charge is 2.32. The van der Waals surface area contributed by atoms with E-state index >= 15 is 0 Å². The summed E-state index contributed by atoms with van der Waals surface area (Å²) in [6.45, 7) is 7.01. The van der Waals surface area contributed by atoms with Crippen molar-refractivity contribution in [1.29, 1.82) is 5.26 Å². The Bertz CT molecular complexity index is 569. The zero-order valence-corrected chi connectivity index (χ0v) is 13.9. The molecule has 0 fully saturated rings. The monoisotopic (exact) mass is 328 g/mol. The van der Waals surface area contributed by atoms with Gasteiger partial charge in [-0.15, -0.1) is 0 Å². The summed E-state index contributed by atoms with van der Waals surface area (Å²) in [5.74, 6) is -0.0385. The molecule has 1 N–H and O–H groups in total. The third-order valence-electron chi connectivity index (χ3n) is 3.34. The van der Waals surface area contributed by atoms with Crippen molar-refractivity contribution in [2.24, 2.45) is 5.92 Å². The van der Waals surface area contributed by atoms with E-state index in [-0.39, 0.29) is 11.8 Å². The second kappa shape index (κ2) is 7.02. The van der Waals surface area contributed by atoms with Gasteiger partial charge in [0.15, 0.2) is 6.10 Å². The minimum atomic E-state index is -0.946. The number of halogens is 2. The lowest BCUT2D eigenvalue weighted by molar-refractivity contribution is -0.128. The van der Waals surface area contributed by atoms with Gasteiger partial charge >= 0.3 is 0 Å². The van der Waals surface area contributed by atoms with Crippen molar-refractivity contribution < 1.29 is 9.53 Å². The summed E-state index contributed by atoms with van der Waals surface area (Å²) < 4.78 is 5.52. The number of nitrogens with one attached hydrogen (secondary N) is 1. The van der Waals surface area contributed by atoms with Gasteiger partial charge in [0.25, 0.3) is 5.91 Å². The van der Waals surface area contributed by atoms with Crippen LogP contribution in [0, 0.1) is 17.2 Å². The Balaban J connectivity index is 2.78. The average molecular weight is 329 g/mol. The summed E-state index contributed by atoms with van der Waals surface area (Å²) in [5, 5.41) is 12.7. The summed E-state index contributed by atoms with van der Waals surface area (Å²) >= 11 is 11.8. The van der Waals surface area contributed by atoms with Crippen LogP contribution in [0.4, 0.5) is 0 Å². The number of hydrogen-bond acceptors (Lipinski definition) is 3. The van der Waals surface area contributed by atoms with Crippen LogP contribution in [-0.4, -0.2) is 17.6 Å². The molecule has 1 aromatic rings. The van der Waals surface area contributed by atoms with Crippen LogP contribution in [0.3, 0.4) is 0 Å². The number of nitriles is 1. The van der Waals surface area contributed by atoms with Crippen molar-refractivity contribution in [3.8, 4) is 11.8 Å². The zero-order valence-electron chi connectivity index (χ0n) is 12.4. The molecule has 4 nitrogen and oxygen atoms in total. The largest absolute Gasteiger partial charge is 0.479 e. The first-order chi connectivity index (χ1) is 9.69. The minimum absolute atomic E-state index is 0.0298. The molecule has 1 unspecified atom stereocenters. The SMILES string of the molecule is CC(C)C(C)(C#N)NC(=O)[C@H](C)Oc1ccc(Cl)cc1Cl. The quantitative estimate of drug-likeness (QED) is 0.893. The second-order valence-electron chi connectivity index (χ2n) is 5.29. The molecule has 0 aromatic heterocycles. The fourth-order valence-electron chi connectivity index (χ4n) is 1.47. The van der Waals surface area contributed by atoms with Crippen LogP contribution >= 0.6 is 23.2 Å². The molecule has 0 aliphatic heterocycles. The topological polar surface area (TPSA) is 62.1 Å². The Morgan fingerprint density at radius 2 is 2.00 bits per heavy atom. The normalized spacial score (nSPS) is 15.0. The van der Waals surface area contributed by atoms with Crippen molar-refractivity contribution in [2.45, 2.75) is 39.3 Å². The van der Waals surface area contributed by atoms with Crippen LogP contribution in [0.25, 0.3) is 0 Å². The Kier molecular flexibility index (Phi) is 5.88. The minimum Gasteiger partial charge on any atom is -0.479 e. The van der Waals surface area contributed by atoms with Crippen LogP contribution in [0.15, 0.2) is 18.2 Å². The van der Waals surface area contributed by atoms with E-state index in [0.717, 1.165) is 0 Å². The average Bonchev–Trinajstić information content (AvgIpc) is 2.41. The van der Waals surface area contributed by atoms with Crippen LogP contribution in [-0.2, 0) is 4.79 Å². The van der Waals surface area contributed by atoms with Gasteiger partial charge in [-0.1, -0.05) is 37.0 Å². The molecule has 0 saturated carbocycles. The van der Waals surface area contributed by atoms with Crippen LogP contribution in [0.2, 0.25) is 10.0 Å². The van der Waals surface area contributed by atoms with Gasteiger partial charge in [-0.3, -0.25) is 4.79 Å². The summed E-state index contributed by atoms with van der Waals surface area (Å²) in [5.41, 5.74) is -0.946. The molecule has 0 bridgehead atoms. The third-order valence-corrected chi connectivity index (χ3v) is 3.87. The second-order valence-corrected chi connectivity index (χ2v) is 6.14. The van der Waals surface area contributed by atoms with Gasteiger partial charge < -0.3 is 10.1 Å². The molecule has 21 heavy (non-hydrogen) atoms. The number of benzene rings is 1. The zero-order chi connectivity index (χ0) is 16.2. The number of hydrogen-bond donors (Lipinski definition) is 1. The molecule has 0 radical (unpaired) electrons. The van der Waals surface area contributed by atoms with Gasteiger partial charge in [-0.25, -0.2) is 0 Å². The lowest BCUT2D eigenvalue weighted by Gasteiger charge is -2.28.